The molecule has 0 aliphatic carbocycles. The fourth-order valence-corrected chi connectivity index (χ4v) is 1.43. The molecule has 0 saturated carbocycles. The van der Waals surface area contributed by atoms with Crippen molar-refractivity contribution in [1.82, 2.24) is 0 Å². The standard InChI is InChI=1S/C14H26O3/c1-7-13(3,4)11(15)9-10-14(5,6)12(16)17-8-2/h7,11,15H,1,8-10H2,2-6H3/t11-/m1/s1. The fraction of sp³-hybridized carbons (Fsp3) is 0.786. The van der Waals surface area contributed by atoms with E-state index in [0.717, 1.165) is 0 Å². The van der Waals surface area contributed by atoms with Crippen LogP contribution in [0.3, 0.4) is 0 Å². The molecule has 0 unspecified atom stereocenters. The van der Waals surface area contributed by atoms with Crippen LogP contribution in [-0.4, -0.2) is 23.8 Å². The second-order valence-corrected chi connectivity index (χ2v) is 5.68. The third-order valence-electron chi connectivity index (χ3n) is 3.26. The maximum Gasteiger partial charge on any atom is 0.311 e. The molecule has 0 saturated heterocycles. The van der Waals surface area contributed by atoms with E-state index in [9.17, 15) is 9.90 Å². The highest BCUT2D eigenvalue weighted by Gasteiger charge is 2.32. The Balaban J connectivity index is 4.36. The molecule has 0 spiro atoms. The number of esters is 1. The Kier molecular flexibility index (Phi) is 5.89. The first-order chi connectivity index (χ1) is 7.67. The molecule has 17 heavy (non-hydrogen) atoms. The van der Waals surface area contributed by atoms with Crippen molar-refractivity contribution >= 4 is 5.97 Å². The lowest BCUT2D eigenvalue weighted by molar-refractivity contribution is -0.154. The zero-order valence-electron chi connectivity index (χ0n) is 11.7. The van der Waals surface area contributed by atoms with Crippen LogP contribution in [-0.2, 0) is 9.53 Å². The molecular weight excluding hydrogens is 216 g/mol. The van der Waals surface area contributed by atoms with Gasteiger partial charge in [0.15, 0.2) is 0 Å². The van der Waals surface area contributed by atoms with Gasteiger partial charge in [0.05, 0.1) is 18.1 Å². The third kappa shape index (κ3) is 4.90. The predicted molar refractivity (Wildman–Crippen MR) is 69.6 cm³/mol. The summed E-state index contributed by atoms with van der Waals surface area (Å²) in [6, 6.07) is 0. The Bertz CT molecular complexity index is 267. The molecule has 0 amide bonds. The van der Waals surface area contributed by atoms with Crippen LogP contribution in [0.25, 0.3) is 0 Å². The van der Waals surface area contributed by atoms with Crippen LogP contribution >= 0.6 is 0 Å². The number of hydrogen-bond acceptors (Lipinski definition) is 3. The van der Waals surface area contributed by atoms with E-state index in [0.29, 0.717) is 19.4 Å². The van der Waals surface area contributed by atoms with Crippen molar-refractivity contribution in [2.45, 2.75) is 53.6 Å². The van der Waals surface area contributed by atoms with E-state index >= 15 is 0 Å². The number of hydrogen-bond donors (Lipinski definition) is 1. The minimum Gasteiger partial charge on any atom is -0.466 e. The minimum absolute atomic E-state index is 0.205. The Hall–Kier alpha value is -0.830. The van der Waals surface area contributed by atoms with Crippen LogP contribution < -0.4 is 0 Å². The molecule has 0 fully saturated rings. The smallest absolute Gasteiger partial charge is 0.311 e. The molecule has 0 aromatic carbocycles. The summed E-state index contributed by atoms with van der Waals surface area (Å²) in [6.07, 6.45) is 2.41. The van der Waals surface area contributed by atoms with Crippen molar-refractivity contribution in [3.8, 4) is 0 Å². The van der Waals surface area contributed by atoms with E-state index in [1.54, 1.807) is 13.0 Å². The van der Waals surface area contributed by atoms with Crippen LogP contribution in [0.2, 0.25) is 0 Å². The monoisotopic (exact) mass is 242 g/mol. The normalized spacial score (nSPS) is 14.2. The average Bonchev–Trinajstić information content (AvgIpc) is 2.26. The lowest BCUT2D eigenvalue weighted by Gasteiger charge is -2.30. The van der Waals surface area contributed by atoms with E-state index in [1.807, 2.05) is 27.7 Å². The summed E-state index contributed by atoms with van der Waals surface area (Å²) in [6.45, 7) is 13.5. The average molecular weight is 242 g/mol. The summed E-state index contributed by atoms with van der Waals surface area (Å²) in [7, 11) is 0. The number of carbonyl (C=O) groups excluding carboxylic acids is 1. The van der Waals surface area contributed by atoms with Gasteiger partial charge in [-0.25, -0.2) is 0 Å². The highest BCUT2D eigenvalue weighted by atomic mass is 16.5. The van der Waals surface area contributed by atoms with Gasteiger partial charge < -0.3 is 9.84 Å². The van der Waals surface area contributed by atoms with Crippen molar-refractivity contribution in [3.05, 3.63) is 12.7 Å². The molecule has 100 valence electrons. The van der Waals surface area contributed by atoms with Crippen molar-refractivity contribution in [2.24, 2.45) is 10.8 Å². The number of carbonyl (C=O) groups is 1. The molecule has 3 nitrogen and oxygen atoms in total. The Morgan fingerprint density at radius 1 is 1.41 bits per heavy atom. The first kappa shape index (κ1) is 16.2. The lowest BCUT2D eigenvalue weighted by Crippen LogP contribution is -2.32. The predicted octanol–water partition coefficient (Wildman–Crippen LogP) is 2.93. The second-order valence-electron chi connectivity index (χ2n) is 5.68. The van der Waals surface area contributed by atoms with Gasteiger partial charge in [-0.3, -0.25) is 4.79 Å². The van der Waals surface area contributed by atoms with Gasteiger partial charge in [0.2, 0.25) is 0 Å². The SMILES string of the molecule is C=CC(C)(C)[C@H](O)CCC(C)(C)C(=O)OCC. The topological polar surface area (TPSA) is 46.5 Å². The molecule has 0 radical (unpaired) electrons. The zero-order chi connectivity index (χ0) is 13.7. The van der Waals surface area contributed by atoms with E-state index in [2.05, 4.69) is 6.58 Å². The number of aliphatic hydroxyl groups is 1. The summed E-state index contributed by atoms with van der Waals surface area (Å²) in [5.41, 5.74) is -0.876. The summed E-state index contributed by atoms with van der Waals surface area (Å²) in [5.74, 6) is -0.205. The molecule has 0 rings (SSSR count). The van der Waals surface area contributed by atoms with E-state index < -0.39 is 11.5 Å². The first-order valence-corrected chi connectivity index (χ1v) is 6.16. The van der Waals surface area contributed by atoms with Gasteiger partial charge >= 0.3 is 5.97 Å². The summed E-state index contributed by atoms with van der Waals surface area (Å²) >= 11 is 0. The van der Waals surface area contributed by atoms with Crippen LogP contribution in [0.15, 0.2) is 12.7 Å². The van der Waals surface area contributed by atoms with Gasteiger partial charge in [-0.2, -0.15) is 0 Å². The van der Waals surface area contributed by atoms with Crippen molar-refractivity contribution in [3.63, 3.8) is 0 Å². The van der Waals surface area contributed by atoms with Crippen LogP contribution in [0.5, 0.6) is 0 Å². The number of aliphatic hydroxyl groups excluding tert-OH is 1. The molecule has 0 bridgehead atoms. The maximum atomic E-state index is 11.7. The van der Waals surface area contributed by atoms with Gasteiger partial charge in [-0.1, -0.05) is 19.9 Å². The van der Waals surface area contributed by atoms with Crippen molar-refractivity contribution in [1.29, 1.82) is 0 Å². The fourth-order valence-electron chi connectivity index (χ4n) is 1.43. The largest absolute Gasteiger partial charge is 0.466 e. The first-order valence-electron chi connectivity index (χ1n) is 6.16. The quantitative estimate of drug-likeness (QED) is 0.551. The molecule has 0 aliphatic rings. The van der Waals surface area contributed by atoms with Crippen LogP contribution in [0.4, 0.5) is 0 Å². The molecule has 0 aliphatic heterocycles. The van der Waals surface area contributed by atoms with Gasteiger partial charge in [0.25, 0.3) is 0 Å². The van der Waals surface area contributed by atoms with E-state index in [1.165, 1.54) is 0 Å². The van der Waals surface area contributed by atoms with Gasteiger partial charge in [-0.15, -0.1) is 6.58 Å². The van der Waals surface area contributed by atoms with E-state index in [4.69, 9.17) is 4.74 Å². The van der Waals surface area contributed by atoms with Crippen molar-refractivity contribution < 1.29 is 14.6 Å². The van der Waals surface area contributed by atoms with E-state index in [-0.39, 0.29) is 11.4 Å². The molecule has 3 heteroatoms. The molecular formula is C14H26O3. The summed E-state index contributed by atoms with van der Waals surface area (Å²) in [4.78, 5) is 11.7. The van der Waals surface area contributed by atoms with Gasteiger partial charge in [0.1, 0.15) is 0 Å². The molecule has 1 atom stereocenters. The number of ether oxygens (including phenoxy) is 1. The third-order valence-corrected chi connectivity index (χ3v) is 3.26. The van der Waals surface area contributed by atoms with Crippen molar-refractivity contribution in [2.75, 3.05) is 6.61 Å². The highest BCUT2D eigenvalue weighted by Crippen LogP contribution is 2.31. The summed E-state index contributed by atoms with van der Waals surface area (Å²) < 4.78 is 5.01. The number of rotatable bonds is 7. The molecule has 0 heterocycles. The Labute approximate surface area is 105 Å². The summed E-state index contributed by atoms with van der Waals surface area (Å²) in [5, 5.41) is 10.0. The lowest BCUT2D eigenvalue weighted by atomic mass is 9.79. The molecule has 0 aromatic rings. The Morgan fingerprint density at radius 2 is 1.94 bits per heavy atom. The van der Waals surface area contributed by atoms with Crippen LogP contribution in [0.1, 0.15) is 47.5 Å². The highest BCUT2D eigenvalue weighted by molar-refractivity contribution is 5.75. The second kappa shape index (κ2) is 6.20. The zero-order valence-corrected chi connectivity index (χ0v) is 11.7. The van der Waals surface area contributed by atoms with Gasteiger partial charge in [0, 0.05) is 5.41 Å². The Morgan fingerprint density at radius 3 is 2.35 bits per heavy atom. The van der Waals surface area contributed by atoms with Crippen LogP contribution in [0, 0.1) is 10.8 Å². The maximum absolute atomic E-state index is 11.7. The molecule has 1 N–H and O–H groups in total. The molecule has 0 aromatic heterocycles. The van der Waals surface area contributed by atoms with Gasteiger partial charge in [-0.05, 0) is 33.6 Å². The minimum atomic E-state index is -0.547.